The van der Waals surface area contributed by atoms with Gasteiger partial charge in [0, 0.05) is 33.0 Å². The van der Waals surface area contributed by atoms with Crippen LogP contribution in [-0.2, 0) is 13.6 Å². The van der Waals surface area contributed by atoms with Crippen LogP contribution in [0.3, 0.4) is 0 Å². The zero-order valence-electron chi connectivity index (χ0n) is 12.8. The number of carbonyl (C=O) groups is 3. The Morgan fingerprint density at radius 2 is 1.87 bits per heavy atom. The lowest BCUT2D eigenvalue weighted by atomic mass is 10.2. The minimum absolute atomic E-state index is 0.0375. The van der Waals surface area contributed by atoms with E-state index in [1.807, 2.05) is 6.92 Å². The van der Waals surface area contributed by atoms with Crippen LogP contribution in [0.15, 0.2) is 12.4 Å². The van der Waals surface area contributed by atoms with Gasteiger partial charge in [-0.25, -0.2) is 4.79 Å². The number of carbonyl (C=O) groups excluding carboxylic acids is 2. The molecule has 0 spiro atoms. The zero-order valence-corrected chi connectivity index (χ0v) is 12.8. The summed E-state index contributed by atoms with van der Waals surface area (Å²) in [4.78, 5) is 35.3. The van der Waals surface area contributed by atoms with Crippen molar-refractivity contribution in [2.45, 2.75) is 13.5 Å². The molecule has 2 aromatic rings. The second kappa shape index (κ2) is 6.30. The molecule has 0 saturated carbocycles. The SMILES string of the molecule is CCn1cc(NC(=O)c2nn(C)cc2C(=O)O)c(C(=O)NC)n1. The van der Waals surface area contributed by atoms with Crippen LogP contribution in [0.4, 0.5) is 5.69 Å². The number of aromatic nitrogens is 4. The van der Waals surface area contributed by atoms with Crippen LogP contribution in [0.25, 0.3) is 0 Å². The number of nitrogens with zero attached hydrogens (tertiary/aromatic N) is 4. The first-order valence-electron chi connectivity index (χ1n) is 6.75. The number of hydrogen-bond donors (Lipinski definition) is 3. The molecule has 0 bridgehead atoms. The third kappa shape index (κ3) is 3.20. The summed E-state index contributed by atoms with van der Waals surface area (Å²) in [6.45, 7) is 2.33. The number of nitrogens with one attached hydrogen (secondary N) is 2. The molecule has 2 rings (SSSR count). The Morgan fingerprint density at radius 3 is 2.43 bits per heavy atom. The highest BCUT2D eigenvalue weighted by molar-refractivity contribution is 6.11. The van der Waals surface area contributed by atoms with Crippen LogP contribution in [0.5, 0.6) is 0 Å². The summed E-state index contributed by atoms with van der Waals surface area (Å²) in [5, 5.41) is 21.9. The smallest absolute Gasteiger partial charge is 0.339 e. The molecule has 10 heteroatoms. The van der Waals surface area contributed by atoms with E-state index >= 15 is 0 Å². The van der Waals surface area contributed by atoms with Crippen molar-refractivity contribution in [3.8, 4) is 0 Å². The van der Waals surface area contributed by atoms with E-state index in [1.54, 1.807) is 0 Å². The van der Waals surface area contributed by atoms with E-state index < -0.39 is 17.8 Å². The first kappa shape index (κ1) is 16.2. The summed E-state index contributed by atoms with van der Waals surface area (Å²) >= 11 is 0. The summed E-state index contributed by atoms with van der Waals surface area (Å²) < 4.78 is 2.71. The normalized spacial score (nSPS) is 10.4. The number of anilines is 1. The highest BCUT2D eigenvalue weighted by atomic mass is 16.4. The highest BCUT2D eigenvalue weighted by Gasteiger charge is 2.24. The van der Waals surface area contributed by atoms with Gasteiger partial charge in [-0.1, -0.05) is 0 Å². The predicted molar refractivity (Wildman–Crippen MR) is 79.4 cm³/mol. The highest BCUT2D eigenvalue weighted by Crippen LogP contribution is 2.16. The number of hydrogen-bond acceptors (Lipinski definition) is 5. The van der Waals surface area contributed by atoms with Gasteiger partial charge in [-0.3, -0.25) is 19.0 Å². The Balaban J connectivity index is 2.35. The monoisotopic (exact) mass is 320 g/mol. The lowest BCUT2D eigenvalue weighted by molar-refractivity contribution is 0.0692. The third-order valence-corrected chi connectivity index (χ3v) is 3.05. The molecule has 0 aliphatic carbocycles. The van der Waals surface area contributed by atoms with Crippen LogP contribution in [0.1, 0.15) is 38.3 Å². The van der Waals surface area contributed by atoms with E-state index in [-0.39, 0.29) is 22.6 Å². The Kier molecular flexibility index (Phi) is 4.44. The van der Waals surface area contributed by atoms with E-state index in [0.717, 1.165) is 0 Å². The Hall–Kier alpha value is -3.17. The lowest BCUT2D eigenvalue weighted by Crippen LogP contribution is -2.22. The van der Waals surface area contributed by atoms with E-state index in [1.165, 1.54) is 35.9 Å². The number of rotatable bonds is 5. The lowest BCUT2D eigenvalue weighted by Gasteiger charge is -2.03. The average Bonchev–Trinajstić information content (AvgIpc) is 3.10. The van der Waals surface area contributed by atoms with Gasteiger partial charge in [0.15, 0.2) is 11.4 Å². The number of aryl methyl sites for hydroxylation is 2. The Labute approximate surface area is 131 Å². The van der Waals surface area contributed by atoms with Crippen LogP contribution in [0, 0.1) is 0 Å². The number of amides is 2. The van der Waals surface area contributed by atoms with Crippen molar-refractivity contribution in [1.82, 2.24) is 24.9 Å². The quantitative estimate of drug-likeness (QED) is 0.707. The Bertz CT molecular complexity index is 776. The van der Waals surface area contributed by atoms with Gasteiger partial charge in [-0.05, 0) is 6.92 Å². The third-order valence-electron chi connectivity index (χ3n) is 3.05. The maximum absolute atomic E-state index is 12.3. The second-order valence-corrected chi connectivity index (χ2v) is 4.65. The fourth-order valence-electron chi connectivity index (χ4n) is 1.96. The number of aromatic carboxylic acids is 1. The van der Waals surface area contributed by atoms with Gasteiger partial charge in [0.25, 0.3) is 11.8 Å². The van der Waals surface area contributed by atoms with Crippen molar-refractivity contribution in [3.63, 3.8) is 0 Å². The summed E-state index contributed by atoms with van der Waals surface area (Å²) in [5.74, 6) is -2.46. The summed E-state index contributed by atoms with van der Waals surface area (Å²) in [6, 6.07) is 0. The molecule has 0 unspecified atom stereocenters. The largest absolute Gasteiger partial charge is 0.478 e. The van der Waals surface area contributed by atoms with Crippen LogP contribution < -0.4 is 10.6 Å². The molecular weight excluding hydrogens is 304 g/mol. The molecule has 0 aliphatic heterocycles. The molecule has 0 atom stereocenters. The fraction of sp³-hybridized carbons (Fsp3) is 0.308. The van der Waals surface area contributed by atoms with E-state index in [0.29, 0.717) is 6.54 Å². The topological polar surface area (TPSA) is 131 Å². The molecule has 10 nitrogen and oxygen atoms in total. The molecule has 0 aliphatic rings. The number of carboxylic acid groups (broad SMARTS) is 1. The zero-order chi connectivity index (χ0) is 17.1. The van der Waals surface area contributed by atoms with E-state index in [4.69, 9.17) is 5.11 Å². The van der Waals surface area contributed by atoms with Crippen molar-refractivity contribution < 1.29 is 19.5 Å². The van der Waals surface area contributed by atoms with Crippen LogP contribution >= 0.6 is 0 Å². The van der Waals surface area contributed by atoms with Gasteiger partial charge in [0.2, 0.25) is 0 Å². The van der Waals surface area contributed by atoms with Gasteiger partial charge < -0.3 is 15.7 Å². The van der Waals surface area contributed by atoms with E-state index in [9.17, 15) is 14.4 Å². The standard InChI is InChI=1S/C13H16N6O4/c1-4-19-6-8(10(17-19)11(20)14-2)15-12(21)9-7(13(22)23)5-18(3)16-9/h5-6H,4H2,1-3H3,(H,14,20)(H,15,21)(H,22,23). The van der Waals surface area contributed by atoms with Gasteiger partial charge in [0.05, 0.1) is 5.69 Å². The van der Waals surface area contributed by atoms with Gasteiger partial charge >= 0.3 is 5.97 Å². The molecule has 0 radical (unpaired) electrons. The Morgan fingerprint density at radius 1 is 1.17 bits per heavy atom. The van der Waals surface area contributed by atoms with Crippen molar-refractivity contribution >= 4 is 23.5 Å². The van der Waals surface area contributed by atoms with Gasteiger partial charge in [-0.2, -0.15) is 10.2 Å². The van der Waals surface area contributed by atoms with Crippen LogP contribution in [-0.4, -0.2) is 49.5 Å². The number of carboxylic acids is 1. The molecule has 2 heterocycles. The fourth-order valence-corrected chi connectivity index (χ4v) is 1.96. The molecule has 3 N–H and O–H groups in total. The van der Waals surface area contributed by atoms with Crippen molar-refractivity contribution in [2.75, 3.05) is 12.4 Å². The average molecular weight is 320 g/mol. The molecule has 23 heavy (non-hydrogen) atoms. The van der Waals surface area contributed by atoms with E-state index in [2.05, 4.69) is 20.8 Å². The van der Waals surface area contributed by atoms with Crippen molar-refractivity contribution in [1.29, 1.82) is 0 Å². The summed E-state index contributed by atoms with van der Waals surface area (Å²) in [6.07, 6.45) is 2.72. The molecule has 2 aromatic heterocycles. The first-order chi connectivity index (χ1) is 10.9. The molecule has 0 aromatic carbocycles. The van der Waals surface area contributed by atoms with Gasteiger partial charge in [-0.15, -0.1) is 0 Å². The van der Waals surface area contributed by atoms with Crippen molar-refractivity contribution in [2.24, 2.45) is 7.05 Å². The molecule has 0 saturated heterocycles. The minimum Gasteiger partial charge on any atom is -0.478 e. The van der Waals surface area contributed by atoms with Crippen LogP contribution in [0.2, 0.25) is 0 Å². The minimum atomic E-state index is -1.26. The molecule has 2 amide bonds. The van der Waals surface area contributed by atoms with Gasteiger partial charge in [0.1, 0.15) is 5.56 Å². The molecule has 122 valence electrons. The summed E-state index contributed by atoms with van der Waals surface area (Å²) in [7, 11) is 2.95. The predicted octanol–water partition coefficient (Wildman–Crippen LogP) is -0.0534. The molecular formula is C13H16N6O4. The first-order valence-corrected chi connectivity index (χ1v) is 6.75. The maximum Gasteiger partial charge on any atom is 0.339 e. The maximum atomic E-state index is 12.3. The summed E-state index contributed by atoms with van der Waals surface area (Å²) in [5.41, 5.74) is -0.254. The molecule has 0 fully saturated rings. The second-order valence-electron chi connectivity index (χ2n) is 4.65. The van der Waals surface area contributed by atoms with Crippen molar-refractivity contribution in [3.05, 3.63) is 29.3 Å².